The monoisotopic (exact) mass is 367 g/mol. The second-order valence-electron chi connectivity index (χ2n) is 4.85. The summed E-state index contributed by atoms with van der Waals surface area (Å²) in [6, 6.07) is 13.2. The lowest BCUT2D eigenvalue weighted by atomic mass is 10.2. The highest BCUT2D eigenvalue weighted by Gasteiger charge is 2.09. The molecule has 23 heavy (non-hydrogen) atoms. The zero-order valence-electron chi connectivity index (χ0n) is 12.1. The van der Waals surface area contributed by atoms with Crippen LogP contribution in [0.3, 0.4) is 0 Å². The highest BCUT2D eigenvalue weighted by Crippen LogP contribution is 2.31. The van der Waals surface area contributed by atoms with Gasteiger partial charge in [0.1, 0.15) is 11.5 Å². The summed E-state index contributed by atoms with van der Waals surface area (Å²) in [4.78, 5) is 3.99. The van der Waals surface area contributed by atoms with Crippen molar-refractivity contribution in [1.82, 2.24) is 10.3 Å². The predicted molar refractivity (Wildman–Crippen MR) is 88.9 cm³/mol. The second-order valence-corrected chi connectivity index (χ2v) is 5.69. The molecule has 2 aromatic heterocycles. The summed E-state index contributed by atoms with van der Waals surface area (Å²) in [6.07, 6.45) is 3.56. The van der Waals surface area contributed by atoms with Crippen molar-refractivity contribution in [2.24, 2.45) is 0 Å². The Bertz CT molecular complexity index is 760. The van der Waals surface area contributed by atoms with Gasteiger partial charge in [0, 0.05) is 29.5 Å². The Kier molecular flexibility index (Phi) is 6.48. The number of halogens is 3. The number of hydrogen-bond acceptors (Lipinski definition) is 3. The third-order valence-corrected chi connectivity index (χ3v) is 3.78. The van der Waals surface area contributed by atoms with Crippen molar-refractivity contribution < 1.29 is 16.8 Å². The maximum Gasteiger partial charge on any atom is 0.135 e. The van der Waals surface area contributed by atoms with Gasteiger partial charge < -0.3 is 22.1 Å². The molecule has 0 atom stereocenters. The number of pyridine rings is 1. The first-order chi connectivity index (χ1) is 10.7. The quantitative estimate of drug-likeness (QED) is 0.748. The van der Waals surface area contributed by atoms with Crippen molar-refractivity contribution in [3.05, 3.63) is 76.2 Å². The van der Waals surface area contributed by atoms with Crippen LogP contribution in [0.15, 0.2) is 59.3 Å². The van der Waals surface area contributed by atoms with E-state index in [1.165, 1.54) is 5.56 Å². The molecule has 3 nitrogen and oxygen atoms in total. The molecule has 6 heteroatoms. The van der Waals surface area contributed by atoms with E-state index < -0.39 is 0 Å². The topological polar surface area (TPSA) is 38.1 Å². The van der Waals surface area contributed by atoms with E-state index in [-0.39, 0.29) is 12.4 Å². The number of aromatic nitrogens is 1. The Labute approximate surface area is 151 Å². The Morgan fingerprint density at radius 3 is 2.48 bits per heavy atom. The smallest absolute Gasteiger partial charge is 0.135 e. The first kappa shape index (κ1) is 17.8. The van der Waals surface area contributed by atoms with Gasteiger partial charge in [-0.3, -0.25) is 4.98 Å². The van der Waals surface area contributed by atoms with Crippen LogP contribution in [0.5, 0.6) is 0 Å². The predicted octanol–water partition coefficient (Wildman–Crippen LogP) is 1.94. The van der Waals surface area contributed by atoms with Gasteiger partial charge in [0.05, 0.1) is 11.6 Å². The minimum absolute atomic E-state index is 0. The van der Waals surface area contributed by atoms with Crippen LogP contribution in [-0.4, -0.2) is 4.98 Å². The number of nitrogens with zero attached hydrogens (tertiary/aromatic N) is 1. The van der Waals surface area contributed by atoms with E-state index in [1.807, 2.05) is 30.3 Å². The Hall–Kier alpha value is -1.52. The zero-order chi connectivity index (χ0) is 15.4. The van der Waals surface area contributed by atoms with Crippen LogP contribution >= 0.6 is 23.2 Å². The number of hydrogen-bond donors (Lipinski definition) is 1. The molecule has 0 unspecified atom stereocenters. The molecule has 1 aromatic carbocycles. The van der Waals surface area contributed by atoms with E-state index in [1.54, 1.807) is 24.5 Å². The SMILES string of the molecule is Clc1ccc(-c2ccc(CNCc3ccncc3)o2)c(Cl)c1.[Cl-]. The van der Waals surface area contributed by atoms with Crippen LogP contribution in [0.2, 0.25) is 10.0 Å². The second kappa shape index (κ2) is 8.37. The average Bonchev–Trinajstić information content (AvgIpc) is 2.97. The van der Waals surface area contributed by atoms with Crippen LogP contribution in [-0.2, 0) is 13.1 Å². The van der Waals surface area contributed by atoms with Gasteiger partial charge in [-0.15, -0.1) is 0 Å². The molecule has 3 rings (SSSR count). The van der Waals surface area contributed by atoms with Gasteiger partial charge in [0.15, 0.2) is 0 Å². The van der Waals surface area contributed by atoms with Crippen molar-refractivity contribution in [2.75, 3.05) is 0 Å². The first-order valence-electron chi connectivity index (χ1n) is 6.86. The van der Waals surface area contributed by atoms with Crippen molar-refractivity contribution in [1.29, 1.82) is 0 Å². The van der Waals surface area contributed by atoms with Crippen LogP contribution in [0.1, 0.15) is 11.3 Å². The first-order valence-corrected chi connectivity index (χ1v) is 7.62. The summed E-state index contributed by atoms with van der Waals surface area (Å²) in [6.45, 7) is 1.41. The van der Waals surface area contributed by atoms with E-state index in [0.717, 1.165) is 23.6 Å². The van der Waals surface area contributed by atoms with E-state index in [4.69, 9.17) is 27.6 Å². The lowest BCUT2D eigenvalue weighted by molar-refractivity contribution is -0.00000487. The molecule has 0 spiro atoms. The molecule has 0 saturated carbocycles. The number of furan rings is 1. The molecule has 2 heterocycles. The van der Waals surface area contributed by atoms with Gasteiger partial charge in [0.25, 0.3) is 0 Å². The highest BCUT2D eigenvalue weighted by molar-refractivity contribution is 6.36. The zero-order valence-corrected chi connectivity index (χ0v) is 14.4. The largest absolute Gasteiger partial charge is 1.00 e. The molecule has 120 valence electrons. The van der Waals surface area contributed by atoms with Gasteiger partial charge in [-0.25, -0.2) is 0 Å². The van der Waals surface area contributed by atoms with Gasteiger partial charge in [-0.2, -0.15) is 0 Å². The summed E-state index contributed by atoms with van der Waals surface area (Å²) in [5.74, 6) is 1.59. The molecule has 0 aliphatic rings. The molecule has 0 saturated heterocycles. The maximum absolute atomic E-state index is 6.19. The number of nitrogens with one attached hydrogen (secondary N) is 1. The lowest BCUT2D eigenvalue weighted by Gasteiger charge is -2.03. The molecule has 0 bridgehead atoms. The van der Waals surface area contributed by atoms with Crippen LogP contribution in [0.25, 0.3) is 11.3 Å². The lowest BCUT2D eigenvalue weighted by Crippen LogP contribution is -3.00. The van der Waals surface area contributed by atoms with Crippen LogP contribution in [0.4, 0.5) is 0 Å². The van der Waals surface area contributed by atoms with Crippen molar-refractivity contribution >= 4 is 23.2 Å². The minimum Gasteiger partial charge on any atom is -1.00 e. The standard InChI is InChI=1S/C17H14Cl2N2O.ClH/c18-13-1-3-15(16(19)9-13)17-4-2-14(22-17)11-21-10-12-5-7-20-8-6-12;/h1-9,21H,10-11H2;1H/p-1. The average molecular weight is 369 g/mol. The summed E-state index contributed by atoms with van der Waals surface area (Å²) < 4.78 is 5.83. The van der Waals surface area contributed by atoms with E-state index in [0.29, 0.717) is 16.6 Å². The Morgan fingerprint density at radius 2 is 1.74 bits per heavy atom. The highest BCUT2D eigenvalue weighted by atomic mass is 35.5. The Morgan fingerprint density at radius 1 is 0.957 bits per heavy atom. The fourth-order valence-electron chi connectivity index (χ4n) is 2.14. The van der Waals surface area contributed by atoms with E-state index >= 15 is 0 Å². The molecule has 0 aliphatic heterocycles. The summed E-state index contributed by atoms with van der Waals surface area (Å²) >= 11 is 12.1. The van der Waals surface area contributed by atoms with Crippen LogP contribution in [0, 0.1) is 0 Å². The van der Waals surface area contributed by atoms with Crippen molar-refractivity contribution in [3.63, 3.8) is 0 Å². The molecular formula is C17H14Cl3N2O-. The molecule has 0 amide bonds. The maximum atomic E-state index is 6.19. The normalized spacial score (nSPS) is 10.3. The van der Waals surface area contributed by atoms with E-state index in [2.05, 4.69) is 10.3 Å². The van der Waals surface area contributed by atoms with Crippen LogP contribution < -0.4 is 17.7 Å². The third-order valence-electron chi connectivity index (χ3n) is 3.24. The molecule has 0 radical (unpaired) electrons. The molecule has 0 aliphatic carbocycles. The third kappa shape index (κ3) is 4.72. The van der Waals surface area contributed by atoms with Gasteiger partial charge in [-0.1, -0.05) is 23.2 Å². The minimum atomic E-state index is 0. The van der Waals surface area contributed by atoms with Crippen molar-refractivity contribution in [3.8, 4) is 11.3 Å². The number of rotatable bonds is 5. The molecule has 3 aromatic rings. The molecule has 1 N–H and O–H groups in total. The fourth-order valence-corrected chi connectivity index (χ4v) is 2.64. The van der Waals surface area contributed by atoms with Crippen molar-refractivity contribution in [2.45, 2.75) is 13.1 Å². The molecule has 0 fully saturated rings. The fraction of sp³-hybridized carbons (Fsp3) is 0.118. The summed E-state index contributed by atoms with van der Waals surface area (Å²) in [5, 5.41) is 4.52. The summed E-state index contributed by atoms with van der Waals surface area (Å²) in [7, 11) is 0. The van der Waals surface area contributed by atoms with Gasteiger partial charge in [-0.05, 0) is 48.0 Å². The Balaban J connectivity index is 0.00000192. The number of benzene rings is 1. The van der Waals surface area contributed by atoms with Gasteiger partial charge in [0.2, 0.25) is 0 Å². The van der Waals surface area contributed by atoms with Gasteiger partial charge >= 0.3 is 0 Å². The summed E-state index contributed by atoms with van der Waals surface area (Å²) in [5.41, 5.74) is 2.02. The molecular weight excluding hydrogens is 355 g/mol. The van der Waals surface area contributed by atoms with E-state index in [9.17, 15) is 0 Å².